The Morgan fingerprint density at radius 2 is 2.50 bits per heavy atom. The Morgan fingerprint density at radius 1 is 1.79 bits per heavy atom. The van der Waals surface area contributed by atoms with E-state index in [1.54, 1.807) is 0 Å². The van der Waals surface area contributed by atoms with Crippen molar-refractivity contribution in [1.29, 1.82) is 0 Å². The Kier molecular flexibility index (Phi) is 4.58. The second-order valence-electron chi connectivity index (χ2n) is 2.93. The highest BCUT2D eigenvalue weighted by atomic mass is 16.6. The summed E-state index contributed by atoms with van der Waals surface area (Å²) in [5.41, 5.74) is 0. The Balaban J connectivity index is 2.09. The predicted molar refractivity (Wildman–Crippen MR) is 47.7 cm³/mol. The molecule has 1 aliphatic heterocycles. The maximum atomic E-state index is 10.7. The van der Waals surface area contributed by atoms with Gasteiger partial charge in [-0.1, -0.05) is 6.58 Å². The van der Waals surface area contributed by atoms with Crippen molar-refractivity contribution in [3.63, 3.8) is 0 Å². The second kappa shape index (κ2) is 5.74. The zero-order chi connectivity index (χ0) is 10.4. The Hall–Kier alpha value is -0.910. The minimum absolute atomic E-state index is 0.0358. The smallest absolute Gasteiger partial charge is 0.330 e. The summed E-state index contributed by atoms with van der Waals surface area (Å²) in [7, 11) is 0. The van der Waals surface area contributed by atoms with Gasteiger partial charge in [0.2, 0.25) is 0 Å². The summed E-state index contributed by atoms with van der Waals surface area (Å²) >= 11 is 0. The fourth-order valence-electron chi connectivity index (χ4n) is 0.795. The normalized spacial score (nSPS) is 21.4. The summed E-state index contributed by atoms with van der Waals surface area (Å²) < 4.78 is 14.9. The Bertz CT molecular complexity index is 199. The molecule has 0 aromatic rings. The molecule has 0 amide bonds. The molecule has 1 aliphatic rings. The molecule has 0 saturated carbocycles. The SMILES string of the molecule is C=CC(=O)OCC(CO)OCC1CO1. The van der Waals surface area contributed by atoms with Crippen LogP contribution >= 0.6 is 0 Å². The van der Waals surface area contributed by atoms with E-state index in [0.29, 0.717) is 13.2 Å². The summed E-state index contributed by atoms with van der Waals surface area (Å²) in [5.74, 6) is -0.519. The van der Waals surface area contributed by atoms with Crippen LogP contribution in [-0.4, -0.2) is 49.7 Å². The van der Waals surface area contributed by atoms with Gasteiger partial charge >= 0.3 is 5.97 Å². The van der Waals surface area contributed by atoms with E-state index in [2.05, 4.69) is 6.58 Å². The number of ether oxygens (including phenoxy) is 3. The van der Waals surface area contributed by atoms with Crippen LogP contribution in [0.2, 0.25) is 0 Å². The topological polar surface area (TPSA) is 68.3 Å². The fraction of sp³-hybridized carbons (Fsp3) is 0.667. The largest absolute Gasteiger partial charge is 0.460 e. The first-order chi connectivity index (χ1) is 6.76. The first kappa shape index (κ1) is 11.2. The number of carbonyl (C=O) groups is 1. The minimum Gasteiger partial charge on any atom is -0.460 e. The first-order valence-corrected chi connectivity index (χ1v) is 4.39. The number of carbonyl (C=O) groups excluding carboxylic acids is 1. The molecule has 2 unspecified atom stereocenters. The molecule has 0 radical (unpaired) electrons. The highest BCUT2D eigenvalue weighted by Gasteiger charge is 2.24. The van der Waals surface area contributed by atoms with Gasteiger partial charge in [0.1, 0.15) is 18.8 Å². The molecule has 1 N–H and O–H groups in total. The molecule has 14 heavy (non-hydrogen) atoms. The second-order valence-corrected chi connectivity index (χ2v) is 2.93. The van der Waals surface area contributed by atoms with Crippen molar-refractivity contribution in [2.75, 3.05) is 26.4 Å². The Morgan fingerprint density at radius 3 is 3.00 bits per heavy atom. The van der Waals surface area contributed by atoms with Crippen LogP contribution < -0.4 is 0 Å². The van der Waals surface area contributed by atoms with E-state index in [-0.39, 0.29) is 19.3 Å². The highest BCUT2D eigenvalue weighted by molar-refractivity contribution is 5.81. The van der Waals surface area contributed by atoms with E-state index in [9.17, 15) is 4.79 Å². The standard InChI is InChI=1S/C9H14O5/c1-2-9(11)14-4-7(3-10)12-5-8-6-13-8/h2,7-8,10H,1,3-6H2. The highest BCUT2D eigenvalue weighted by Crippen LogP contribution is 2.09. The van der Waals surface area contributed by atoms with Crippen molar-refractivity contribution in [2.45, 2.75) is 12.2 Å². The molecule has 1 saturated heterocycles. The van der Waals surface area contributed by atoms with Gasteiger partial charge in [0.25, 0.3) is 0 Å². The number of hydrogen-bond acceptors (Lipinski definition) is 5. The molecule has 1 rings (SSSR count). The maximum Gasteiger partial charge on any atom is 0.330 e. The molecule has 1 heterocycles. The molecule has 1 fully saturated rings. The van der Waals surface area contributed by atoms with Gasteiger partial charge in [0.15, 0.2) is 0 Å². The van der Waals surface area contributed by atoms with Crippen molar-refractivity contribution in [1.82, 2.24) is 0 Å². The molecular weight excluding hydrogens is 188 g/mol. The van der Waals surface area contributed by atoms with Crippen LogP contribution in [0, 0.1) is 0 Å². The Labute approximate surface area is 82.3 Å². The molecule has 0 aromatic heterocycles. The molecule has 0 bridgehead atoms. The van der Waals surface area contributed by atoms with Gasteiger partial charge in [-0.15, -0.1) is 0 Å². The van der Waals surface area contributed by atoms with Crippen molar-refractivity contribution in [2.24, 2.45) is 0 Å². The van der Waals surface area contributed by atoms with Gasteiger partial charge in [0, 0.05) is 6.08 Å². The minimum atomic E-state index is -0.519. The van der Waals surface area contributed by atoms with E-state index < -0.39 is 12.1 Å². The first-order valence-electron chi connectivity index (χ1n) is 4.39. The van der Waals surface area contributed by atoms with Gasteiger partial charge < -0.3 is 19.3 Å². The summed E-state index contributed by atoms with van der Waals surface area (Å²) in [5, 5.41) is 8.86. The van der Waals surface area contributed by atoms with Crippen molar-refractivity contribution >= 4 is 5.97 Å². The van der Waals surface area contributed by atoms with Crippen molar-refractivity contribution in [3.8, 4) is 0 Å². The molecule has 5 heteroatoms. The van der Waals surface area contributed by atoms with Crippen LogP contribution in [0.3, 0.4) is 0 Å². The van der Waals surface area contributed by atoms with E-state index in [4.69, 9.17) is 19.3 Å². The lowest BCUT2D eigenvalue weighted by molar-refractivity contribution is -0.143. The summed E-state index contributed by atoms with van der Waals surface area (Å²) in [6.45, 7) is 4.23. The van der Waals surface area contributed by atoms with Crippen molar-refractivity contribution in [3.05, 3.63) is 12.7 Å². The molecule has 2 atom stereocenters. The number of rotatable bonds is 7. The quantitative estimate of drug-likeness (QED) is 0.342. The molecule has 5 nitrogen and oxygen atoms in total. The molecular formula is C9H14O5. The average Bonchev–Trinajstić information content (AvgIpc) is 3.01. The zero-order valence-electron chi connectivity index (χ0n) is 7.85. The van der Waals surface area contributed by atoms with Crippen LogP contribution in [0.4, 0.5) is 0 Å². The number of esters is 1. The number of hydrogen-bond donors (Lipinski definition) is 1. The van der Waals surface area contributed by atoms with Crippen LogP contribution in [0.1, 0.15) is 0 Å². The molecule has 0 spiro atoms. The van der Waals surface area contributed by atoms with Gasteiger partial charge in [-0.25, -0.2) is 4.79 Å². The van der Waals surface area contributed by atoms with E-state index in [1.807, 2.05) is 0 Å². The predicted octanol–water partition coefficient (Wildman–Crippen LogP) is -0.508. The monoisotopic (exact) mass is 202 g/mol. The van der Waals surface area contributed by atoms with E-state index in [1.165, 1.54) is 0 Å². The summed E-state index contributed by atoms with van der Waals surface area (Å²) in [6.07, 6.45) is 0.723. The van der Waals surface area contributed by atoms with Gasteiger partial charge in [-0.3, -0.25) is 0 Å². The van der Waals surface area contributed by atoms with Gasteiger partial charge in [0.05, 0.1) is 19.8 Å². The lowest BCUT2D eigenvalue weighted by Gasteiger charge is -2.13. The summed E-state index contributed by atoms with van der Waals surface area (Å²) in [4.78, 5) is 10.7. The van der Waals surface area contributed by atoms with E-state index >= 15 is 0 Å². The van der Waals surface area contributed by atoms with Gasteiger partial charge in [-0.05, 0) is 0 Å². The number of aliphatic hydroxyl groups excluding tert-OH is 1. The third-order valence-electron chi connectivity index (χ3n) is 1.70. The third-order valence-corrected chi connectivity index (χ3v) is 1.70. The average molecular weight is 202 g/mol. The molecule has 0 aliphatic carbocycles. The molecule has 0 aromatic carbocycles. The van der Waals surface area contributed by atoms with Crippen molar-refractivity contribution < 1.29 is 24.1 Å². The van der Waals surface area contributed by atoms with Crippen LogP contribution in [0.5, 0.6) is 0 Å². The van der Waals surface area contributed by atoms with Gasteiger partial charge in [-0.2, -0.15) is 0 Å². The van der Waals surface area contributed by atoms with Crippen LogP contribution in [0.15, 0.2) is 12.7 Å². The number of epoxide rings is 1. The lowest BCUT2D eigenvalue weighted by Crippen LogP contribution is -2.26. The third kappa shape index (κ3) is 4.36. The van der Waals surface area contributed by atoms with Crippen LogP contribution in [0.25, 0.3) is 0 Å². The van der Waals surface area contributed by atoms with Crippen LogP contribution in [-0.2, 0) is 19.0 Å². The summed E-state index contributed by atoms with van der Waals surface area (Å²) in [6, 6.07) is 0. The van der Waals surface area contributed by atoms with E-state index in [0.717, 1.165) is 6.08 Å². The maximum absolute atomic E-state index is 10.7. The molecule has 80 valence electrons. The zero-order valence-corrected chi connectivity index (χ0v) is 7.85. The fourth-order valence-corrected chi connectivity index (χ4v) is 0.795. The lowest BCUT2D eigenvalue weighted by atomic mass is 10.4. The number of aliphatic hydroxyl groups is 1.